The van der Waals surface area contributed by atoms with Crippen LogP contribution in [0.4, 0.5) is 5.69 Å². The number of carbonyl (C=O) groups is 1. The molecule has 0 bridgehead atoms. The number of hydrogen-bond donors (Lipinski definition) is 0. The maximum Gasteiger partial charge on any atom is 0.280 e. The molecule has 6 nitrogen and oxygen atoms in total. The lowest BCUT2D eigenvalue weighted by molar-refractivity contribution is -0.385. The minimum absolute atomic E-state index is 0.0862. The highest BCUT2D eigenvalue weighted by molar-refractivity contribution is 5.98. The van der Waals surface area contributed by atoms with E-state index in [0.29, 0.717) is 18.4 Å². The molecule has 1 aromatic carbocycles. The van der Waals surface area contributed by atoms with E-state index in [4.69, 9.17) is 4.74 Å². The van der Waals surface area contributed by atoms with Crippen molar-refractivity contribution in [3.8, 4) is 5.75 Å². The number of rotatable bonds is 7. The lowest BCUT2D eigenvalue weighted by Crippen LogP contribution is -2.26. The van der Waals surface area contributed by atoms with Gasteiger partial charge in [-0.25, -0.2) is 0 Å². The number of carbonyl (C=O) groups excluding carboxylic acids is 1. The van der Waals surface area contributed by atoms with Crippen LogP contribution in [0.25, 0.3) is 0 Å². The van der Waals surface area contributed by atoms with Crippen molar-refractivity contribution in [3.05, 3.63) is 33.9 Å². The van der Waals surface area contributed by atoms with Crippen LogP contribution < -0.4 is 4.74 Å². The number of nitro groups is 1. The Hall–Kier alpha value is -1.95. The molecule has 1 saturated carbocycles. The smallest absolute Gasteiger partial charge is 0.280 e. The summed E-state index contributed by atoms with van der Waals surface area (Å²) in [5.74, 6) is 0.155. The van der Waals surface area contributed by atoms with Gasteiger partial charge in [0.25, 0.3) is 5.69 Å². The lowest BCUT2D eigenvalue weighted by atomic mass is 10.1. The van der Waals surface area contributed by atoms with Crippen LogP contribution in [0.2, 0.25) is 0 Å². The van der Waals surface area contributed by atoms with Crippen LogP contribution in [0, 0.1) is 10.1 Å². The number of Topliss-reactive ketones (excluding diaryl/α,β-unsaturated/α-hetero) is 1. The van der Waals surface area contributed by atoms with Crippen molar-refractivity contribution in [1.29, 1.82) is 0 Å². The molecule has 1 aliphatic rings. The number of nitro benzene ring substituents is 1. The van der Waals surface area contributed by atoms with Gasteiger partial charge in [0.1, 0.15) is 12.4 Å². The third kappa shape index (κ3) is 3.54. The van der Waals surface area contributed by atoms with Crippen LogP contribution >= 0.6 is 0 Å². The fraction of sp³-hybridized carbons (Fsp3) is 0.500. The van der Waals surface area contributed by atoms with Crippen LogP contribution in [-0.4, -0.2) is 41.8 Å². The first-order chi connectivity index (χ1) is 9.49. The van der Waals surface area contributed by atoms with E-state index in [-0.39, 0.29) is 17.0 Å². The van der Waals surface area contributed by atoms with E-state index in [1.165, 1.54) is 38.0 Å². The van der Waals surface area contributed by atoms with Gasteiger partial charge in [0.05, 0.1) is 10.5 Å². The maximum absolute atomic E-state index is 11.4. The topological polar surface area (TPSA) is 72.7 Å². The zero-order chi connectivity index (χ0) is 14.7. The van der Waals surface area contributed by atoms with Crippen LogP contribution in [0.1, 0.15) is 30.1 Å². The zero-order valence-corrected chi connectivity index (χ0v) is 11.7. The Balaban J connectivity index is 1.99. The molecular weight excluding hydrogens is 260 g/mol. The molecule has 1 fully saturated rings. The zero-order valence-electron chi connectivity index (χ0n) is 11.7. The SMILES string of the molecule is CC(=O)c1cc(OCCN(C)C2CC2)ccc1[N+](=O)[O-]. The van der Waals surface area contributed by atoms with Crippen LogP contribution in [0.5, 0.6) is 5.75 Å². The summed E-state index contributed by atoms with van der Waals surface area (Å²) in [6.45, 7) is 2.62. The largest absolute Gasteiger partial charge is 0.492 e. The second kappa shape index (κ2) is 6.00. The number of nitrogens with zero attached hydrogens (tertiary/aromatic N) is 2. The Morgan fingerprint density at radius 2 is 2.20 bits per heavy atom. The van der Waals surface area contributed by atoms with Gasteiger partial charge in [0.2, 0.25) is 0 Å². The number of ether oxygens (including phenoxy) is 1. The molecule has 0 aliphatic heterocycles. The summed E-state index contributed by atoms with van der Waals surface area (Å²) >= 11 is 0. The summed E-state index contributed by atoms with van der Waals surface area (Å²) in [4.78, 5) is 23.9. The summed E-state index contributed by atoms with van der Waals surface area (Å²) in [5, 5.41) is 10.8. The van der Waals surface area contributed by atoms with Crippen molar-refractivity contribution in [2.45, 2.75) is 25.8 Å². The number of ketones is 1. The third-order valence-electron chi connectivity index (χ3n) is 3.43. The molecule has 0 atom stereocenters. The van der Waals surface area contributed by atoms with E-state index in [2.05, 4.69) is 11.9 Å². The van der Waals surface area contributed by atoms with Crippen molar-refractivity contribution < 1.29 is 14.5 Å². The summed E-state index contributed by atoms with van der Waals surface area (Å²) in [5.41, 5.74) is -0.0944. The molecule has 0 saturated heterocycles. The summed E-state index contributed by atoms with van der Waals surface area (Å²) in [6.07, 6.45) is 2.48. The van der Waals surface area contributed by atoms with Gasteiger partial charge in [-0.3, -0.25) is 14.9 Å². The molecule has 20 heavy (non-hydrogen) atoms. The summed E-state index contributed by atoms with van der Waals surface area (Å²) < 4.78 is 5.56. The van der Waals surface area contributed by atoms with Crippen molar-refractivity contribution in [1.82, 2.24) is 4.90 Å². The van der Waals surface area contributed by atoms with Crippen LogP contribution in [-0.2, 0) is 0 Å². The third-order valence-corrected chi connectivity index (χ3v) is 3.43. The van der Waals surface area contributed by atoms with E-state index in [9.17, 15) is 14.9 Å². The fourth-order valence-corrected chi connectivity index (χ4v) is 2.05. The van der Waals surface area contributed by atoms with Crippen molar-refractivity contribution in [2.75, 3.05) is 20.2 Å². The van der Waals surface area contributed by atoms with Gasteiger partial charge in [-0.2, -0.15) is 0 Å². The molecule has 0 heterocycles. The highest BCUT2D eigenvalue weighted by Crippen LogP contribution is 2.26. The van der Waals surface area contributed by atoms with Gasteiger partial charge in [-0.05, 0) is 38.9 Å². The fourth-order valence-electron chi connectivity index (χ4n) is 2.05. The molecular formula is C14H18N2O4. The predicted octanol–water partition coefficient (Wildman–Crippen LogP) is 2.27. The Bertz CT molecular complexity index is 526. The molecule has 0 radical (unpaired) electrons. The molecule has 0 spiro atoms. The van der Waals surface area contributed by atoms with E-state index >= 15 is 0 Å². The molecule has 0 amide bonds. The van der Waals surface area contributed by atoms with E-state index in [1.807, 2.05) is 0 Å². The summed E-state index contributed by atoms with van der Waals surface area (Å²) in [7, 11) is 2.05. The highest BCUT2D eigenvalue weighted by atomic mass is 16.6. The van der Waals surface area contributed by atoms with Crippen LogP contribution in [0.3, 0.4) is 0 Å². The average molecular weight is 278 g/mol. The Labute approximate surface area is 117 Å². The minimum atomic E-state index is -0.554. The van der Waals surface area contributed by atoms with E-state index in [0.717, 1.165) is 6.54 Å². The van der Waals surface area contributed by atoms with Gasteiger partial charge < -0.3 is 9.64 Å². The van der Waals surface area contributed by atoms with Gasteiger partial charge >= 0.3 is 0 Å². The van der Waals surface area contributed by atoms with Crippen molar-refractivity contribution in [3.63, 3.8) is 0 Å². The lowest BCUT2D eigenvalue weighted by Gasteiger charge is -2.16. The molecule has 6 heteroatoms. The Morgan fingerprint density at radius 1 is 1.50 bits per heavy atom. The highest BCUT2D eigenvalue weighted by Gasteiger charge is 2.25. The van der Waals surface area contributed by atoms with Gasteiger partial charge in [-0.15, -0.1) is 0 Å². The second-order valence-corrected chi connectivity index (χ2v) is 5.05. The quantitative estimate of drug-likeness (QED) is 0.434. The van der Waals surface area contributed by atoms with Gasteiger partial charge in [-0.1, -0.05) is 0 Å². The molecule has 1 aromatic rings. The molecule has 0 aromatic heterocycles. The number of benzene rings is 1. The van der Waals surface area contributed by atoms with Gasteiger partial charge in [0, 0.05) is 18.7 Å². The molecule has 0 unspecified atom stereocenters. The average Bonchev–Trinajstić information content (AvgIpc) is 3.22. The number of likely N-dealkylation sites (N-methyl/N-ethyl adjacent to an activating group) is 1. The van der Waals surface area contributed by atoms with Crippen molar-refractivity contribution in [2.24, 2.45) is 0 Å². The molecule has 1 aliphatic carbocycles. The normalized spacial score (nSPS) is 14.3. The Morgan fingerprint density at radius 3 is 2.75 bits per heavy atom. The van der Waals surface area contributed by atoms with Crippen LogP contribution in [0.15, 0.2) is 18.2 Å². The molecule has 108 valence electrons. The first kappa shape index (κ1) is 14.5. The summed E-state index contributed by atoms with van der Waals surface area (Å²) in [6, 6.07) is 4.96. The standard InChI is InChI=1S/C14H18N2O4/c1-10(17)13-9-12(5-6-14(13)16(18)19)20-8-7-15(2)11-3-4-11/h5-6,9,11H,3-4,7-8H2,1-2H3. The first-order valence-electron chi connectivity index (χ1n) is 6.61. The van der Waals surface area contributed by atoms with E-state index in [1.54, 1.807) is 0 Å². The second-order valence-electron chi connectivity index (χ2n) is 5.05. The number of hydrogen-bond acceptors (Lipinski definition) is 5. The molecule has 0 N–H and O–H groups in total. The Kier molecular flexibility index (Phi) is 4.34. The first-order valence-corrected chi connectivity index (χ1v) is 6.61. The predicted molar refractivity (Wildman–Crippen MR) is 74.2 cm³/mol. The monoisotopic (exact) mass is 278 g/mol. The van der Waals surface area contributed by atoms with E-state index < -0.39 is 4.92 Å². The van der Waals surface area contributed by atoms with Crippen molar-refractivity contribution >= 4 is 11.5 Å². The minimum Gasteiger partial charge on any atom is -0.492 e. The maximum atomic E-state index is 11.4. The van der Waals surface area contributed by atoms with Gasteiger partial charge in [0.15, 0.2) is 5.78 Å². The molecule has 2 rings (SSSR count).